The van der Waals surface area contributed by atoms with Crippen LogP contribution in [0.25, 0.3) is 5.69 Å². The van der Waals surface area contributed by atoms with Crippen LogP contribution in [-0.2, 0) is 6.42 Å². The summed E-state index contributed by atoms with van der Waals surface area (Å²) in [6, 6.07) is 3.60. The van der Waals surface area contributed by atoms with Crippen molar-refractivity contribution < 1.29 is 9.31 Å². The lowest BCUT2D eigenvalue weighted by Crippen LogP contribution is -2.03. The Bertz CT molecular complexity index is 580. The van der Waals surface area contributed by atoms with E-state index in [9.17, 15) is 14.5 Å². The molecular weight excluding hydrogens is 237 g/mol. The van der Waals surface area contributed by atoms with Gasteiger partial charge < -0.3 is 4.57 Å². The largest absolute Gasteiger partial charge is 0.301 e. The third-order valence-corrected chi connectivity index (χ3v) is 2.59. The minimum absolute atomic E-state index is 0.256. The molecule has 18 heavy (non-hydrogen) atoms. The molecule has 6 heteroatoms. The first kappa shape index (κ1) is 12.2. The molecule has 1 aromatic heterocycles. The van der Waals surface area contributed by atoms with Crippen molar-refractivity contribution in [3.05, 3.63) is 52.3 Å². The smallest absolute Gasteiger partial charge is 0.272 e. The van der Waals surface area contributed by atoms with Gasteiger partial charge in [-0.15, -0.1) is 0 Å². The average Bonchev–Trinajstić information content (AvgIpc) is 2.77. The van der Waals surface area contributed by atoms with Gasteiger partial charge in [0.1, 0.15) is 5.82 Å². The zero-order valence-electron chi connectivity index (χ0n) is 9.84. The molecule has 0 radical (unpaired) electrons. The topological polar surface area (TPSA) is 61.0 Å². The maximum Gasteiger partial charge on any atom is 0.272 e. The number of rotatable bonds is 4. The molecular formula is C12H12FN3O2. The SMILES string of the molecule is CCCc1nccn1-c1ccc([N+](=O)[O-])cc1F. The summed E-state index contributed by atoms with van der Waals surface area (Å²) < 4.78 is 15.5. The average molecular weight is 249 g/mol. The predicted octanol–water partition coefficient (Wildman–Crippen LogP) is 2.87. The zero-order valence-corrected chi connectivity index (χ0v) is 9.84. The Hall–Kier alpha value is -2.24. The van der Waals surface area contributed by atoms with E-state index in [-0.39, 0.29) is 11.4 Å². The van der Waals surface area contributed by atoms with Gasteiger partial charge >= 0.3 is 0 Å². The van der Waals surface area contributed by atoms with Crippen LogP contribution in [0.15, 0.2) is 30.6 Å². The van der Waals surface area contributed by atoms with Gasteiger partial charge in [-0.05, 0) is 12.5 Å². The first-order valence-electron chi connectivity index (χ1n) is 5.60. The highest BCUT2D eigenvalue weighted by Gasteiger charge is 2.13. The van der Waals surface area contributed by atoms with E-state index >= 15 is 0 Å². The lowest BCUT2D eigenvalue weighted by atomic mass is 10.2. The van der Waals surface area contributed by atoms with Crippen molar-refractivity contribution in [2.45, 2.75) is 19.8 Å². The van der Waals surface area contributed by atoms with E-state index in [1.807, 2.05) is 6.92 Å². The summed E-state index contributed by atoms with van der Waals surface area (Å²) in [4.78, 5) is 14.1. The molecule has 0 saturated heterocycles. The van der Waals surface area contributed by atoms with Gasteiger partial charge in [0, 0.05) is 24.9 Å². The first-order valence-corrected chi connectivity index (χ1v) is 5.60. The number of nitro benzene ring substituents is 1. The summed E-state index contributed by atoms with van der Waals surface area (Å²) in [6.07, 6.45) is 4.86. The van der Waals surface area contributed by atoms with Crippen LogP contribution >= 0.6 is 0 Å². The molecule has 0 aliphatic carbocycles. The van der Waals surface area contributed by atoms with Gasteiger partial charge in [-0.3, -0.25) is 10.1 Å². The molecule has 5 nitrogen and oxygen atoms in total. The van der Waals surface area contributed by atoms with Crippen molar-refractivity contribution in [1.29, 1.82) is 0 Å². The van der Waals surface area contributed by atoms with Crippen LogP contribution in [-0.4, -0.2) is 14.5 Å². The highest BCUT2D eigenvalue weighted by molar-refractivity contribution is 5.43. The van der Waals surface area contributed by atoms with E-state index in [4.69, 9.17) is 0 Å². The minimum Gasteiger partial charge on any atom is -0.301 e. The van der Waals surface area contributed by atoms with Gasteiger partial charge in [-0.2, -0.15) is 0 Å². The summed E-state index contributed by atoms with van der Waals surface area (Å²) in [6.45, 7) is 2.01. The normalized spacial score (nSPS) is 10.6. The van der Waals surface area contributed by atoms with Gasteiger partial charge in [-0.25, -0.2) is 9.37 Å². The molecule has 1 aromatic carbocycles. The maximum absolute atomic E-state index is 13.8. The van der Waals surface area contributed by atoms with Gasteiger partial charge in [0.2, 0.25) is 0 Å². The Morgan fingerprint density at radius 3 is 2.89 bits per heavy atom. The zero-order chi connectivity index (χ0) is 13.1. The number of aryl methyl sites for hydroxylation is 1. The summed E-state index contributed by atoms with van der Waals surface area (Å²) in [5.74, 6) is 0.116. The lowest BCUT2D eigenvalue weighted by Gasteiger charge is -2.08. The molecule has 94 valence electrons. The van der Waals surface area contributed by atoms with Crippen LogP contribution in [0.2, 0.25) is 0 Å². The van der Waals surface area contributed by atoms with Gasteiger partial charge in [-0.1, -0.05) is 6.92 Å². The molecule has 2 aromatic rings. The van der Waals surface area contributed by atoms with Crippen LogP contribution in [0.4, 0.5) is 10.1 Å². The molecule has 1 heterocycles. The molecule has 0 saturated carbocycles. The lowest BCUT2D eigenvalue weighted by molar-refractivity contribution is -0.385. The number of halogens is 1. The number of nitro groups is 1. The van der Waals surface area contributed by atoms with Crippen molar-refractivity contribution in [1.82, 2.24) is 9.55 Å². The fourth-order valence-corrected chi connectivity index (χ4v) is 1.77. The second kappa shape index (κ2) is 4.95. The van der Waals surface area contributed by atoms with Crippen LogP contribution in [0, 0.1) is 15.9 Å². The number of hydrogen-bond acceptors (Lipinski definition) is 3. The molecule has 0 atom stereocenters. The minimum atomic E-state index is -0.625. The molecule has 0 unspecified atom stereocenters. The van der Waals surface area contributed by atoms with E-state index in [2.05, 4.69) is 4.98 Å². The number of imidazole rings is 1. The molecule has 2 rings (SSSR count). The number of non-ortho nitro benzene ring substituents is 1. The summed E-state index contributed by atoms with van der Waals surface area (Å²) >= 11 is 0. The second-order valence-corrected chi connectivity index (χ2v) is 3.86. The van der Waals surface area contributed by atoms with E-state index < -0.39 is 10.7 Å². The fourth-order valence-electron chi connectivity index (χ4n) is 1.77. The highest BCUT2D eigenvalue weighted by atomic mass is 19.1. The monoisotopic (exact) mass is 249 g/mol. The van der Waals surface area contributed by atoms with Crippen molar-refractivity contribution >= 4 is 5.69 Å². The van der Waals surface area contributed by atoms with Gasteiger partial charge in [0.25, 0.3) is 5.69 Å². The van der Waals surface area contributed by atoms with Crippen LogP contribution in [0.5, 0.6) is 0 Å². The molecule has 0 aliphatic rings. The number of nitrogens with zero attached hydrogens (tertiary/aromatic N) is 3. The first-order chi connectivity index (χ1) is 8.63. The van der Waals surface area contributed by atoms with E-state index in [1.165, 1.54) is 12.1 Å². The fraction of sp³-hybridized carbons (Fsp3) is 0.250. The van der Waals surface area contributed by atoms with Crippen LogP contribution in [0.1, 0.15) is 19.2 Å². The summed E-state index contributed by atoms with van der Waals surface area (Å²) in [5, 5.41) is 10.5. The molecule has 0 N–H and O–H groups in total. The Labute approximate surface area is 103 Å². The molecule has 0 fully saturated rings. The number of aromatic nitrogens is 2. The van der Waals surface area contributed by atoms with E-state index in [0.717, 1.165) is 24.7 Å². The van der Waals surface area contributed by atoms with Crippen molar-refractivity contribution in [2.24, 2.45) is 0 Å². The molecule has 0 aliphatic heterocycles. The van der Waals surface area contributed by atoms with Gasteiger partial charge in [0.15, 0.2) is 5.82 Å². The Morgan fingerprint density at radius 1 is 1.50 bits per heavy atom. The predicted molar refractivity (Wildman–Crippen MR) is 64.2 cm³/mol. The third-order valence-electron chi connectivity index (χ3n) is 2.59. The summed E-state index contributed by atoms with van der Waals surface area (Å²) in [5.41, 5.74) is 0.0231. The summed E-state index contributed by atoms with van der Waals surface area (Å²) in [7, 11) is 0. The Kier molecular flexibility index (Phi) is 3.36. The Morgan fingerprint density at radius 2 is 2.28 bits per heavy atom. The second-order valence-electron chi connectivity index (χ2n) is 3.86. The van der Waals surface area contributed by atoms with Crippen LogP contribution in [0.3, 0.4) is 0 Å². The van der Waals surface area contributed by atoms with Gasteiger partial charge in [0.05, 0.1) is 16.7 Å². The number of benzene rings is 1. The quantitative estimate of drug-likeness (QED) is 0.618. The molecule has 0 spiro atoms. The Balaban J connectivity index is 2.44. The van der Waals surface area contributed by atoms with Crippen molar-refractivity contribution in [3.8, 4) is 5.69 Å². The van der Waals surface area contributed by atoms with E-state index in [1.54, 1.807) is 17.0 Å². The van der Waals surface area contributed by atoms with Crippen molar-refractivity contribution in [2.75, 3.05) is 0 Å². The highest BCUT2D eigenvalue weighted by Crippen LogP contribution is 2.21. The standard InChI is InChI=1S/C12H12FN3O2/c1-2-3-12-14-6-7-15(12)11-5-4-9(16(17)18)8-10(11)13/h4-8H,2-3H2,1H3. The number of hydrogen-bond donors (Lipinski definition) is 0. The molecule has 0 bridgehead atoms. The maximum atomic E-state index is 13.8. The molecule has 0 amide bonds. The van der Waals surface area contributed by atoms with Crippen LogP contribution < -0.4 is 0 Å². The third kappa shape index (κ3) is 2.22. The van der Waals surface area contributed by atoms with Crippen molar-refractivity contribution in [3.63, 3.8) is 0 Å². The van der Waals surface area contributed by atoms with E-state index in [0.29, 0.717) is 0 Å².